The van der Waals surface area contributed by atoms with E-state index in [1.807, 2.05) is 6.07 Å². The molecule has 2 rings (SSSR count). The summed E-state index contributed by atoms with van der Waals surface area (Å²) >= 11 is 3.48. The zero-order chi connectivity index (χ0) is 9.97. The van der Waals surface area contributed by atoms with Crippen molar-refractivity contribution in [3.05, 3.63) is 22.6 Å². The van der Waals surface area contributed by atoms with Crippen molar-refractivity contribution in [2.45, 2.75) is 31.7 Å². The molecule has 1 unspecified atom stereocenters. The van der Waals surface area contributed by atoms with Crippen molar-refractivity contribution < 1.29 is 4.42 Å². The van der Waals surface area contributed by atoms with Gasteiger partial charge in [0.15, 0.2) is 0 Å². The topological polar surface area (TPSA) is 25.2 Å². The summed E-state index contributed by atoms with van der Waals surface area (Å²) in [6.45, 7) is 0. The van der Waals surface area contributed by atoms with E-state index in [1.54, 1.807) is 6.26 Å². The van der Waals surface area contributed by atoms with Crippen molar-refractivity contribution in [3.8, 4) is 0 Å². The smallest absolute Gasteiger partial charge is 0.117 e. The maximum atomic E-state index is 5.38. The fourth-order valence-electron chi connectivity index (χ4n) is 1.90. The van der Waals surface area contributed by atoms with E-state index in [1.165, 1.54) is 19.3 Å². The Balaban J connectivity index is 1.83. The summed E-state index contributed by atoms with van der Waals surface area (Å²) in [7, 11) is 2.06. The molecule has 1 saturated carbocycles. The van der Waals surface area contributed by atoms with Gasteiger partial charge in [0.2, 0.25) is 0 Å². The molecule has 0 aromatic carbocycles. The lowest BCUT2D eigenvalue weighted by molar-refractivity contribution is 0.433. The van der Waals surface area contributed by atoms with Crippen molar-refractivity contribution in [2.24, 2.45) is 5.92 Å². The maximum absolute atomic E-state index is 5.38. The number of nitrogens with one attached hydrogen (secondary N) is 1. The van der Waals surface area contributed by atoms with Crippen molar-refractivity contribution >= 4 is 15.9 Å². The first-order chi connectivity index (χ1) is 6.81. The van der Waals surface area contributed by atoms with Crippen molar-refractivity contribution in [1.29, 1.82) is 0 Å². The molecule has 1 aromatic rings. The lowest BCUT2D eigenvalue weighted by Gasteiger charge is -2.13. The van der Waals surface area contributed by atoms with Crippen LogP contribution in [-0.2, 0) is 6.42 Å². The Kier molecular flexibility index (Phi) is 3.29. The molecular weight excluding hydrogens is 242 g/mol. The molecule has 2 nitrogen and oxygen atoms in total. The summed E-state index contributed by atoms with van der Waals surface area (Å²) in [5.74, 6) is 1.99. The van der Waals surface area contributed by atoms with E-state index in [-0.39, 0.29) is 0 Å². The first-order valence-electron chi connectivity index (χ1n) is 5.20. The SMILES string of the molecule is CNC(CCc1occc1Br)C1CC1. The van der Waals surface area contributed by atoms with Gasteiger partial charge in [-0.3, -0.25) is 0 Å². The normalized spacial score (nSPS) is 18.4. The van der Waals surface area contributed by atoms with E-state index in [2.05, 4.69) is 28.3 Å². The first kappa shape index (κ1) is 10.2. The second-order valence-electron chi connectivity index (χ2n) is 3.96. The van der Waals surface area contributed by atoms with Gasteiger partial charge in [-0.2, -0.15) is 0 Å². The molecule has 0 bridgehead atoms. The maximum Gasteiger partial charge on any atom is 0.117 e. The molecule has 1 aliphatic rings. The van der Waals surface area contributed by atoms with E-state index in [9.17, 15) is 0 Å². The highest BCUT2D eigenvalue weighted by Crippen LogP contribution is 2.34. The van der Waals surface area contributed by atoms with Crippen LogP contribution >= 0.6 is 15.9 Å². The van der Waals surface area contributed by atoms with Gasteiger partial charge >= 0.3 is 0 Å². The first-order valence-corrected chi connectivity index (χ1v) is 5.99. The molecule has 3 heteroatoms. The largest absolute Gasteiger partial charge is 0.468 e. The molecule has 0 spiro atoms. The van der Waals surface area contributed by atoms with Crippen molar-refractivity contribution in [3.63, 3.8) is 0 Å². The van der Waals surface area contributed by atoms with Gasteiger partial charge in [-0.05, 0) is 54.2 Å². The Labute approximate surface area is 93.2 Å². The van der Waals surface area contributed by atoms with E-state index < -0.39 is 0 Å². The average molecular weight is 258 g/mol. The van der Waals surface area contributed by atoms with Crippen LogP contribution in [0.25, 0.3) is 0 Å². The summed E-state index contributed by atoms with van der Waals surface area (Å²) < 4.78 is 6.48. The Morgan fingerprint density at radius 2 is 2.43 bits per heavy atom. The van der Waals surface area contributed by atoms with Crippen LogP contribution in [0.5, 0.6) is 0 Å². The number of hydrogen-bond donors (Lipinski definition) is 1. The lowest BCUT2D eigenvalue weighted by Crippen LogP contribution is -2.27. The minimum absolute atomic E-state index is 0.673. The van der Waals surface area contributed by atoms with Crippen LogP contribution < -0.4 is 5.32 Å². The molecule has 1 N–H and O–H groups in total. The Morgan fingerprint density at radius 1 is 1.64 bits per heavy atom. The molecule has 78 valence electrons. The summed E-state index contributed by atoms with van der Waals surface area (Å²) in [5, 5.41) is 3.39. The molecule has 0 saturated heterocycles. The third kappa shape index (κ3) is 2.39. The average Bonchev–Trinajstić information content (AvgIpc) is 2.93. The van der Waals surface area contributed by atoms with E-state index in [0.717, 1.165) is 22.6 Å². The summed E-state index contributed by atoms with van der Waals surface area (Å²) in [6, 6.07) is 2.63. The predicted molar refractivity (Wildman–Crippen MR) is 60.3 cm³/mol. The highest BCUT2D eigenvalue weighted by molar-refractivity contribution is 9.10. The lowest BCUT2D eigenvalue weighted by atomic mass is 10.1. The van der Waals surface area contributed by atoms with Gasteiger partial charge in [0.25, 0.3) is 0 Å². The van der Waals surface area contributed by atoms with E-state index in [4.69, 9.17) is 4.42 Å². The predicted octanol–water partition coefficient (Wildman–Crippen LogP) is 2.97. The molecule has 14 heavy (non-hydrogen) atoms. The van der Waals surface area contributed by atoms with Crippen molar-refractivity contribution in [2.75, 3.05) is 7.05 Å². The zero-order valence-electron chi connectivity index (χ0n) is 8.42. The Hall–Kier alpha value is -0.280. The molecule has 1 aliphatic carbocycles. The molecule has 1 aromatic heterocycles. The standard InChI is InChI=1S/C11H16BrNO/c1-13-10(8-2-3-8)4-5-11-9(12)6-7-14-11/h6-8,10,13H,2-5H2,1H3. The number of halogens is 1. The second-order valence-corrected chi connectivity index (χ2v) is 4.82. The van der Waals surface area contributed by atoms with Crippen LogP contribution in [0.3, 0.4) is 0 Å². The third-order valence-electron chi connectivity index (χ3n) is 2.94. The number of rotatable bonds is 5. The summed E-state index contributed by atoms with van der Waals surface area (Å²) in [5.41, 5.74) is 0. The molecule has 0 radical (unpaired) electrons. The highest BCUT2D eigenvalue weighted by atomic mass is 79.9. The van der Waals surface area contributed by atoms with Gasteiger partial charge in [-0.1, -0.05) is 0 Å². The van der Waals surface area contributed by atoms with Crippen LogP contribution in [0.15, 0.2) is 21.2 Å². The fourth-order valence-corrected chi connectivity index (χ4v) is 2.30. The molecular formula is C11H16BrNO. The van der Waals surface area contributed by atoms with Gasteiger partial charge in [-0.15, -0.1) is 0 Å². The number of hydrogen-bond acceptors (Lipinski definition) is 2. The fraction of sp³-hybridized carbons (Fsp3) is 0.636. The van der Waals surface area contributed by atoms with Gasteiger partial charge in [-0.25, -0.2) is 0 Å². The quantitative estimate of drug-likeness (QED) is 0.878. The van der Waals surface area contributed by atoms with Gasteiger partial charge in [0, 0.05) is 12.5 Å². The minimum Gasteiger partial charge on any atom is -0.468 e. The summed E-state index contributed by atoms with van der Waals surface area (Å²) in [4.78, 5) is 0. The van der Waals surface area contributed by atoms with Gasteiger partial charge < -0.3 is 9.73 Å². The van der Waals surface area contributed by atoms with Crippen LogP contribution in [-0.4, -0.2) is 13.1 Å². The van der Waals surface area contributed by atoms with E-state index >= 15 is 0 Å². The van der Waals surface area contributed by atoms with Crippen LogP contribution in [0.1, 0.15) is 25.0 Å². The highest BCUT2D eigenvalue weighted by Gasteiger charge is 2.29. The van der Waals surface area contributed by atoms with Crippen LogP contribution in [0.4, 0.5) is 0 Å². The van der Waals surface area contributed by atoms with Crippen LogP contribution in [0.2, 0.25) is 0 Å². The molecule has 1 fully saturated rings. The van der Waals surface area contributed by atoms with Gasteiger partial charge in [0.1, 0.15) is 5.76 Å². The molecule has 0 amide bonds. The number of furan rings is 1. The molecule has 1 atom stereocenters. The second kappa shape index (κ2) is 4.49. The molecule has 0 aliphatic heterocycles. The third-order valence-corrected chi connectivity index (χ3v) is 3.64. The number of aryl methyl sites for hydroxylation is 1. The van der Waals surface area contributed by atoms with Crippen molar-refractivity contribution in [1.82, 2.24) is 5.32 Å². The summed E-state index contributed by atoms with van der Waals surface area (Å²) in [6.07, 6.45) is 6.73. The zero-order valence-corrected chi connectivity index (χ0v) is 10.0. The minimum atomic E-state index is 0.673. The monoisotopic (exact) mass is 257 g/mol. The van der Waals surface area contributed by atoms with E-state index in [0.29, 0.717) is 6.04 Å². The van der Waals surface area contributed by atoms with Gasteiger partial charge in [0.05, 0.1) is 10.7 Å². The Morgan fingerprint density at radius 3 is 2.93 bits per heavy atom. The Bertz CT molecular complexity index is 293. The van der Waals surface area contributed by atoms with Crippen LogP contribution in [0, 0.1) is 5.92 Å². The molecule has 1 heterocycles.